The molecule has 0 bridgehead atoms. The summed E-state index contributed by atoms with van der Waals surface area (Å²) in [6.45, 7) is 13.6. The van der Waals surface area contributed by atoms with Gasteiger partial charge in [0.15, 0.2) is 0 Å². The van der Waals surface area contributed by atoms with Crippen molar-refractivity contribution < 1.29 is 0 Å². The Kier molecular flexibility index (Phi) is 6.40. The summed E-state index contributed by atoms with van der Waals surface area (Å²) in [7, 11) is 0. The Morgan fingerprint density at radius 2 is 1.46 bits per heavy atom. The second-order valence-electron chi connectivity index (χ2n) is 4.21. The molecule has 0 radical (unpaired) electrons. The summed E-state index contributed by atoms with van der Waals surface area (Å²) in [4.78, 5) is 2.64. The highest BCUT2D eigenvalue weighted by Gasteiger charge is 2.25. The molecule has 0 spiro atoms. The Morgan fingerprint density at radius 1 is 1.00 bits per heavy atom. The fourth-order valence-electron chi connectivity index (χ4n) is 1.72. The minimum Gasteiger partial charge on any atom is -0.298 e. The predicted molar refractivity (Wildman–Crippen MR) is 61.1 cm³/mol. The molecule has 0 aromatic carbocycles. The Morgan fingerprint density at radius 3 is 1.85 bits per heavy atom. The van der Waals surface area contributed by atoms with Crippen LogP contribution in [0.4, 0.5) is 0 Å². The second kappa shape index (κ2) is 6.42. The number of nitrogens with zero attached hydrogens (tertiary/aromatic N) is 1. The van der Waals surface area contributed by atoms with Gasteiger partial charge in [-0.15, -0.1) is 0 Å². The molecular weight excluding hydrogens is 158 g/mol. The van der Waals surface area contributed by atoms with E-state index in [0.717, 1.165) is 0 Å². The van der Waals surface area contributed by atoms with E-state index < -0.39 is 0 Å². The van der Waals surface area contributed by atoms with Gasteiger partial charge in [0.1, 0.15) is 0 Å². The summed E-state index contributed by atoms with van der Waals surface area (Å²) in [6.07, 6.45) is 5.52. The molecule has 0 aliphatic carbocycles. The Labute approximate surface area is 84.5 Å². The molecule has 1 nitrogen and oxygen atoms in total. The maximum absolute atomic E-state index is 2.64. The lowest BCUT2D eigenvalue weighted by Gasteiger charge is -2.40. The van der Waals surface area contributed by atoms with E-state index in [4.69, 9.17) is 0 Å². The van der Waals surface area contributed by atoms with Gasteiger partial charge in [-0.2, -0.15) is 0 Å². The highest BCUT2D eigenvalue weighted by molar-refractivity contribution is 4.81. The number of hydrogen-bond donors (Lipinski definition) is 0. The first-order chi connectivity index (χ1) is 6.17. The molecule has 1 heteroatoms. The van der Waals surface area contributed by atoms with Gasteiger partial charge in [0.2, 0.25) is 0 Å². The van der Waals surface area contributed by atoms with Crippen LogP contribution in [0.1, 0.15) is 60.3 Å². The zero-order valence-electron chi connectivity index (χ0n) is 10.2. The van der Waals surface area contributed by atoms with Crippen molar-refractivity contribution in [2.75, 3.05) is 13.1 Å². The maximum Gasteiger partial charge on any atom is 0.0150 e. The molecule has 0 aromatic rings. The summed E-state index contributed by atoms with van der Waals surface area (Å²) < 4.78 is 0. The predicted octanol–water partition coefficient (Wildman–Crippen LogP) is 3.69. The van der Waals surface area contributed by atoms with Gasteiger partial charge in [0.25, 0.3) is 0 Å². The Hall–Kier alpha value is -0.0400. The van der Waals surface area contributed by atoms with E-state index in [-0.39, 0.29) is 0 Å². The molecule has 1 rings (SSSR count). The fourth-order valence-corrected chi connectivity index (χ4v) is 1.72. The van der Waals surface area contributed by atoms with Gasteiger partial charge < -0.3 is 0 Å². The van der Waals surface area contributed by atoms with Crippen molar-refractivity contribution in [3.05, 3.63) is 0 Å². The van der Waals surface area contributed by atoms with Gasteiger partial charge in [0, 0.05) is 5.54 Å². The van der Waals surface area contributed by atoms with Crippen molar-refractivity contribution in [2.45, 2.75) is 65.8 Å². The molecule has 1 heterocycles. The van der Waals surface area contributed by atoms with Crippen LogP contribution in [0.2, 0.25) is 0 Å². The smallest absolute Gasteiger partial charge is 0.0150 e. The van der Waals surface area contributed by atoms with Gasteiger partial charge in [-0.1, -0.05) is 27.2 Å². The highest BCUT2D eigenvalue weighted by atomic mass is 15.2. The van der Waals surface area contributed by atoms with E-state index in [1.54, 1.807) is 0 Å². The van der Waals surface area contributed by atoms with E-state index in [9.17, 15) is 0 Å². The van der Waals surface area contributed by atoms with Gasteiger partial charge in [-0.05, 0) is 46.2 Å². The quantitative estimate of drug-likeness (QED) is 0.634. The lowest BCUT2D eigenvalue weighted by Crippen LogP contribution is -2.46. The molecule has 0 atom stereocenters. The Balaban J connectivity index is 0.000000671. The van der Waals surface area contributed by atoms with Gasteiger partial charge in [0.05, 0.1) is 0 Å². The SMILES string of the molecule is CC.CCC(C)(C)N1CCCCC1. The van der Waals surface area contributed by atoms with E-state index in [1.165, 1.54) is 38.8 Å². The Bertz CT molecular complexity index is 112. The van der Waals surface area contributed by atoms with Crippen LogP contribution in [0.15, 0.2) is 0 Å². The molecule has 1 aliphatic rings. The topological polar surface area (TPSA) is 3.24 Å². The lowest BCUT2D eigenvalue weighted by atomic mass is 9.96. The van der Waals surface area contributed by atoms with Crippen LogP contribution in [0.5, 0.6) is 0 Å². The van der Waals surface area contributed by atoms with Crippen LogP contribution in [0, 0.1) is 0 Å². The van der Waals surface area contributed by atoms with Crippen LogP contribution in [0.25, 0.3) is 0 Å². The summed E-state index contributed by atoms with van der Waals surface area (Å²) in [5, 5.41) is 0. The fraction of sp³-hybridized carbons (Fsp3) is 1.00. The lowest BCUT2D eigenvalue weighted by molar-refractivity contribution is 0.0922. The molecule has 1 aliphatic heterocycles. The number of rotatable bonds is 2. The zero-order valence-corrected chi connectivity index (χ0v) is 10.2. The van der Waals surface area contributed by atoms with Crippen LogP contribution < -0.4 is 0 Å². The molecule has 1 fully saturated rings. The van der Waals surface area contributed by atoms with Gasteiger partial charge in [-0.25, -0.2) is 0 Å². The number of hydrogen-bond acceptors (Lipinski definition) is 1. The molecule has 13 heavy (non-hydrogen) atoms. The van der Waals surface area contributed by atoms with Crippen molar-refractivity contribution in [1.82, 2.24) is 4.90 Å². The molecule has 0 amide bonds. The van der Waals surface area contributed by atoms with Gasteiger partial charge >= 0.3 is 0 Å². The van der Waals surface area contributed by atoms with Gasteiger partial charge in [-0.3, -0.25) is 4.90 Å². The first-order valence-electron chi connectivity index (χ1n) is 5.92. The number of likely N-dealkylation sites (tertiary alicyclic amines) is 1. The van der Waals surface area contributed by atoms with E-state index >= 15 is 0 Å². The molecule has 0 N–H and O–H groups in total. The zero-order chi connectivity index (χ0) is 10.3. The largest absolute Gasteiger partial charge is 0.298 e. The molecule has 0 unspecified atom stereocenters. The minimum absolute atomic E-state index is 0.445. The summed E-state index contributed by atoms with van der Waals surface area (Å²) in [5.74, 6) is 0. The minimum atomic E-state index is 0.445. The average molecular weight is 185 g/mol. The normalized spacial score (nSPS) is 19.2. The summed E-state index contributed by atoms with van der Waals surface area (Å²) in [6, 6.07) is 0. The number of piperidine rings is 1. The van der Waals surface area contributed by atoms with Crippen molar-refractivity contribution in [2.24, 2.45) is 0 Å². The first kappa shape index (κ1) is 13.0. The summed E-state index contributed by atoms with van der Waals surface area (Å²) >= 11 is 0. The molecule has 80 valence electrons. The van der Waals surface area contributed by atoms with Crippen LogP contribution in [0.3, 0.4) is 0 Å². The third-order valence-electron chi connectivity index (χ3n) is 3.08. The average Bonchev–Trinajstić information content (AvgIpc) is 2.22. The third-order valence-corrected chi connectivity index (χ3v) is 3.08. The third kappa shape index (κ3) is 4.12. The van der Waals surface area contributed by atoms with E-state index in [2.05, 4.69) is 25.7 Å². The van der Waals surface area contributed by atoms with Crippen molar-refractivity contribution in [3.8, 4) is 0 Å². The monoisotopic (exact) mass is 185 g/mol. The van der Waals surface area contributed by atoms with Crippen LogP contribution in [-0.2, 0) is 0 Å². The maximum atomic E-state index is 2.64. The van der Waals surface area contributed by atoms with Crippen molar-refractivity contribution in [1.29, 1.82) is 0 Å². The molecule has 0 saturated carbocycles. The highest BCUT2D eigenvalue weighted by Crippen LogP contribution is 2.22. The van der Waals surface area contributed by atoms with Crippen LogP contribution in [-0.4, -0.2) is 23.5 Å². The molecule has 1 saturated heterocycles. The second-order valence-corrected chi connectivity index (χ2v) is 4.21. The molecular formula is C12H27N. The van der Waals surface area contributed by atoms with E-state index in [0.29, 0.717) is 5.54 Å². The molecule has 0 aromatic heterocycles. The van der Waals surface area contributed by atoms with Crippen molar-refractivity contribution >= 4 is 0 Å². The van der Waals surface area contributed by atoms with Crippen molar-refractivity contribution in [3.63, 3.8) is 0 Å². The standard InChI is InChI=1S/C10H21N.C2H6/c1-4-10(2,3)11-8-6-5-7-9-11;1-2/h4-9H2,1-3H3;1-2H3. The van der Waals surface area contributed by atoms with Crippen LogP contribution >= 0.6 is 0 Å². The summed E-state index contributed by atoms with van der Waals surface area (Å²) in [5.41, 5.74) is 0.445. The van der Waals surface area contributed by atoms with E-state index in [1.807, 2.05) is 13.8 Å². The first-order valence-corrected chi connectivity index (χ1v) is 5.92.